The second-order valence-electron chi connectivity index (χ2n) is 34.4. The molecule has 0 fully saturated rings. The SMILES string of the molecule is CCOC(=O)C(C)=C[C@H](C(C)C)N(C)C(=O)[C@@H](NC(=O)[C@@H](N(C)Cl)C(C)(C)c1ccccc1)C(C)(C)C.CN[C@H](C(=O)N[C@H](C(=O)N(C)[C@H](/C=C(\C)C(=O)N(C)C)C(C)C)C(C)(C)C)C(C)(C)c1ccccc1.CN[C@H](C(=O)N[C@H](C(=O)N(C)[C@H](/C=C(\C)CO)C(C)C)C(C)(C)C)C(C)(C)c1ccccc1. The monoisotopic (exact) mass is 1500 g/mol. The third-order valence-corrected chi connectivity index (χ3v) is 20.1. The highest BCUT2D eigenvalue weighted by atomic mass is 35.5. The molecule has 0 saturated heterocycles. The van der Waals surface area contributed by atoms with Crippen LogP contribution in [0, 0.1) is 34.0 Å². The van der Waals surface area contributed by atoms with E-state index >= 15 is 0 Å². The first-order chi connectivity index (χ1) is 48.6. The molecule has 9 atom stereocenters. The van der Waals surface area contributed by atoms with Crippen molar-refractivity contribution in [2.75, 3.05) is 69.6 Å². The minimum atomic E-state index is -0.826. The van der Waals surface area contributed by atoms with Crippen LogP contribution >= 0.6 is 11.8 Å². The van der Waals surface area contributed by atoms with Crippen molar-refractivity contribution >= 4 is 59.1 Å². The van der Waals surface area contributed by atoms with Crippen LogP contribution in [0.1, 0.15) is 190 Å². The van der Waals surface area contributed by atoms with E-state index in [1.807, 2.05) is 255 Å². The number of hydrogen-bond donors (Lipinski definition) is 6. The lowest BCUT2D eigenvalue weighted by Gasteiger charge is -2.41. The first-order valence-corrected chi connectivity index (χ1v) is 37.6. The van der Waals surface area contributed by atoms with Crippen LogP contribution in [0.2, 0.25) is 0 Å². The molecule has 3 aromatic rings. The summed E-state index contributed by atoms with van der Waals surface area (Å²) in [5.41, 5.74) is 1.60. The van der Waals surface area contributed by atoms with Crippen LogP contribution in [-0.2, 0) is 59.3 Å². The van der Waals surface area contributed by atoms with Crippen LogP contribution < -0.4 is 26.6 Å². The molecule has 20 nitrogen and oxygen atoms in total. The van der Waals surface area contributed by atoms with E-state index in [2.05, 4.69) is 26.6 Å². The number of esters is 1. The molecule has 0 aliphatic rings. The minimum Gasteiger partial charge on any atom is -0.463 e. The molecule has 0 bridgehead atoms. The van der Waals surface area contributed by atoms with Crippen molar-refractivity contribution in [3.05, 3.63) is 143 Å². The van der Waals surface area contributed by atoms with Gasteiger partial charge in [-0.15, -0.1) is 0 Å². The number of aliphatic hydroxyl groups excluding tert-OH is 1. The molecule has 0 aromatic heterocycles. The second-order valence-corrected chi connectivity index (χ2v) is 34.9. The van der Waals surface area contributed by atoms with Crippen molar-refractivity contribution < 1.29 is 48.2 Å². The second kappa shape index (κ2) is 41.9. The summed E-state index contributed by atoms with van der Waals surface area (Å²) in [6.45, 7) is 48.8. The fraction of sp³-hybridized carbons (Fsp3) is 0.624. The average molecular weight is 1500 g/mol. The van der Waals surface area contributed by atoms with E-state index < -0.39 is 74.7 Å². The molecular formula is C85H139ClN10O10. The third-order valence-electron chi connectivity index (χ3n) is 19.9. The predicted octanol–water partition coefficient (Wildman–Crippen LogP) is 12.0. The van der Waals surface area contributed by atoms with Gasteiger partial charge in [0.15, 0.2) is 0 Å². The van der Waals surface area contributed by atoms with Gasteiger partial charge in [0.2, 0.25) is 41.4 Å². The first kappa shape index (κ1) is 96.8. The Hall–Kier alpha value is -7.23. The van der Waals surface area contributed by atoms with Crippen molar-refractivity contribution in [2.24, 2.45) is 34.0 Å². The van der Waals surface area contributed by atoms with E-state index in [4.69, 9.17) is 16.5 Å². The Kier molecular flexibility index (Phi) is 38.3. The summed E-state index contributed by atoms with van der Waals surface area (Å²) in [4.78, 5) is 113. The lowest BCUT2D eigenvalue weighted by atomic mass is 9.76. The van der Waals surface area contributed by atoms with Gasteiger partial charge in [-0.25, -0.2) is 9.21 Å². The number of aliphatic hydroxyl groups is 1. The maximum atomic E-state index is 13.9. The molecule has 3 rings (SSSR count). The molecule has 596 valence electrons. The number of amides is 7. The predicted molar refractivity (Wildman–Crippen MR) is 434 cm³/mol. The number of hydrogen-bond acceptors (Lipinski definition) is 13. The molecule has 0 saturated carbocycles. The Morgan fingerprint density at radius 3 is 0.981 bits per heavy atom. The summed E-state index contributed by atoms with van der Waals surface area (Å²) < 4.78 is 6.48. The van der Waals surface area contributed by atoms with E-state index in [0.29, 0.717) is 11.1 Å². The van der Waals surface area contributed by atoms with Crippen molar-refractivity contribution in [2.45, 2.75) is 244 Å². The molecule has 0 heterocycles. The smallest absolute Gasteiger partial charge is 0.333 e. The highest BCUT2D eigenvalue weighted by molar-refractivity contribution is 6.15. The van der Waals surface area contributed by atoms with Crippen molar-refractivity contribution in [3.63, 3.8) is 0 Å². The van der Waals surface area contributed by atoms with Gasteiger partial charge in [-0.05, 0) is 104 Å². The van der Waals surface area contributed by atoms with Gasteiger partial charge in [0.05, 0.1) is 43.4 Å². The number of ether oxygens (including phenoxy) is 1. The molecule has 7 amide bonds. The molecule has 0 spiro atoms. The van der Waals surface area contributed by atoms with Crippen LogP contribution in [0.25, 0.3) is 0 Å². The van der Waals surface area contributed by atoms with E-state index in [-0.39, 0.29) is 90.4 Å². The lowest BCUT2D eigenvalue weighted by Crippen LogP contribution is -2.61. The fourth-order valence-electron chi connectivity index (χ4n) is 13.2. The number of nitrogens with zero attached hydrogens (tertiary/aromatic N) is 5. The molecule has 0 aliphatic carbocycles. The van der Waals surface area contributed by atoms with Gasteiger partial charge in [-0.2, -0.15) is 0 Å². The molecule has 0 radical (unpaired) electrons. The Labute approximate surface area is 644 Å². The summed E-state index contributed by atoms with van der Waals surface area (Å²) in [6.07, 6.45) is 5.54. The number of carbonyl (C=O) groups excluding carboxylic acids is 8. The van der Waals surface area contributed by atoms with E-state index in [9.17, 15) is 43.5 Å². The van der Waals surface area contributed by atoms with Crippen molar-refractivity contribution in [1.82, 2.24) is 50.6 Å². The number of nitrogens with one attached hydrogen (secondary N) is 5. The molecular weight excluding hydrogens is 1360 g/mol. The summed E-state index contributed by atoms with van der Waals surface area (Å²) in [7, 11) is 13.8. The Bertz CT molecular complexity index is 3400. The van der Waals surface area contributed by atoms with Crippen LogP contribution in [0.3, 0.4) is 0 Å². The highest BCUT2D eigenvalue weighted by Crippen LogP contribution is 2.35. The highest BCUT2D eigenvalue weighted by Gasteiger charge is 2.46. The normalized spacial score (nSPS) is 15.4. The van der Waals surface area contributed by atoms with Gasteiger partial charge in [-0.3, -0.25) is 33.6 Å². The molecule has 6 N–H and O–H groups in total. The molecule has 3 aromatic carbocycles. The van der Waals surface area contributed by atoms with Crippen LogP contribution in [0.15, 0.2) is 126 Å². The van der Waals surface area contributed by atoms with Gasteiger partial charge in [0.1, 0.15) is 24.2 Å². The zero-order valence-electron chi connectivity index (χ0n) is 71.0. The number of carbonyl (C=O) groups is 8. The van der Waals surface area contributed by atoms with Gasteiger partial charge < -0.3 is 56.0 Å². The van der Waals surface area contributed by atoms with Crippen LogP contribution in [0.4, 0.5) is 0 Å². The largest absolute Gasteiger partial charge is 0.463 e. The summed E-state index contributed by atoms with van der Waals surface area (Å²) in [5.74, 6) is -1.64. The molecule has 106 heavy (non-hydrogen) atoms. The van der Waals surface area contributed by atoms with Gasteiger partial charge >= 0.3 is 5.97 Å². The summed E-state index contributed by atoms with van der Waals surface area (Å²) in [5, 5.41) is 24.9. The maximum Gasteiger partial charge on any atom is 0.333 e. The first-order valence-electron chi connectivity index (χ1n) is 37.3. The molecule has 21 heteroatoms. The molecule has 0 aliphatic heterocycles. The topological polar surface area (TPSA) is 242 Å². The Morgan fingerprint density at radius 1 is 0.443 bits per heavy atom. The number of halogens is 1. The van der Waals surface area contributed by atoms with Gasteiger partial charge in [0.25, 0.3) is 0 Å². The zero-order chi connectivity index (χ0) is 82.3. The van der Waals surface area contributed by atoms with E-state index in [1.165, 1.54) is 9.32 Å². The lowest BCUT2D eigenvalue weighted by molar-refractivity contribution is -0.141. The standard InChI is InChI=1S/C29H46ClN3O4.C29H48N4O3.C27H45N3O3/c1-12-37-27(36)20(4)18-22(19(2)3)32(10)26(35)23(28(5,6)7)31-25(34)24(33(11)30)29(8,9)21-16-14-13-15-17-21;1-19(2)22(18-20(3)26(35)32(10)11)33(12)27(36)24(28(4,5)6)31-25(34)23(30-9)29(7,8)21-16-14-13-15-17-21;1-18(2)21(16-19(3)17-31)30(10)25(33)23(26(4,5)6)29-24(32)22(28-9)27(7,8)20-14-12-11-13-15-20/h13-19,22-24H,12H2,1-11H3,(H,31,34);13-19,22-24,30H,1-12H3,(H,31,34);11-16,18,21-23,28,31H,17H2,1-10H3,(H,29,32)/b;20-18+;19-16+/t2*22-,23-,24-;21-,22-,23-/m111/s1. The Balaban J connectivity index is 0.000000796. The Morgan fingerprint density at radius 2 is 0.726 bits per heavy atom. The molecule has 0 unspecified atom stereocenters. The van der Waals surface area contributed by atoms with Gasteiger partial charge in [-0.1, -0.05) is 260 Å². The summed E-state index contributed by atoms with van der Waals surface area (Å²) >= 11 is 6.44. The van der Waals surface area contributed by atoms with Crippen LogP contribution in [0.5, 0.6) is 0 Å². The quantitative estimate of drug-likeness (QED) is 0.0152. The fourth-order valence-corrected chi connectivity index (χ4v) is 13.5. The summed E-state index contributed by atoms with van der Waals surface area (Å²) in [6, 6.07) is 24.5. The van der Waals surface area contributed by atoms with E-state index in [0.717, 1.165) is 22.3 Å². The van der Waals surface area contributed by atoms with Gasteiger partial charge in [0, 0.05) is 69.7 Å². The number of rotatable bonds is 31. The van der Waals surface area contributed by atoms with E-state index in [1.54, 1.807) is 97.9 Å². The van der Waals surface area contributed by atoms with Crippen molar-refractivity contribution in [3.8, 4) is 0 Å². The number of likely N-dealkylation sites (N-methyl/N-ethyl adjacent to an activating group) is 7. The third kappa shape index (κ3) is 27.5. The van der Waals surface area contributed by atoms with Crippen LogP contribution in [-0.4, -0.2) is 200 Å². The zero-order valence-corrected chi connectivity index (χ0v) is 71.7. The minimum absolute atomic E-state index is 0.0217. The average Bonchev–Trinajstić information content (AvgIpc) is 0.815. The van der Waals surface area contributed by atoms with Crippen molar-refractivity contribution in [1.29, 1.82) is 0 Å². The maximum absolute atomic E-state index is 13.9. The number of benzene rings is 3.